The summed E-state index contributed by atoms with van der Waals surface area (Å²) in [7, 11) is 1.31. The van der Waals surface area contributed by atoms with Crippen molar-refractivity contribution in [1.29, 1.82) is 0 Å². The molecule has 1 aromatic heterocycles. The van der Waals surface area contributed by atoms with Gasteiger partial charge in [0.05, 0.1) is 23.9 Å². The number of hydrogen-bond acceptors (Lipinski definition) is 4. The Kier molecular flexibility index (Phi) is 4.83. The summed E-state index contributed by atoms with van der Waals surface area (Å²) >= 11 is 1.34. The van der Waals surface area contributed by atoms with E-state index in [1.165, 1.54) is 25.2 Å². The fourth-order valence-corrected chi connectivity index (χ4v) is 1.75. The van der Waals surface area contributed by atoms with Crippen molar-refractivity contribution in [2.75, 3.05) is 18.7 Å². The van der Waals surface area contributed by atoms with Crippen LogP contribution >= 0.6 is 11.2 Å². The molecule has 0 aliphatic carbocycles. The van der Waals surface area contributed by atoms with Crippen LogP contribution in [0, 0.1) is 12.1 Å². The van der Waals surface area contributed by atoms with E-state index >= 15 is 0 Å². The van der Waals surface area contributed by atoms with Crippen LogP contribution in [0.4, 0.5) is 5.82 Å². The monoisotopic (exact) mass is 266 g/mol. The van der Waals surface area contributed by atoms with Crippen LogP contribution in [0.5, 0.6) is 0 Å². The zero-order valence-corrected chi connectivity index (χ0v) is 11.5. The van der Waals surface area contributed by atoms with E-state index in [1.54, 1.807) is 13.0 Å². The maximum Gasteiger partial charge on any atom is 0.339 e. The maximum atomic E-state index is 11.5. The molecular formula is C12H14N2O3S. The number of ether oxygens (including phenoxy) is 1. The first-order chi connectivity index (χ1) is 8.49. The third-order valence-electron chi connectivity index (χ3n) is 2.12. The highest BCUT2D eigenvalue weighted by molar-refractivity contribution is 7.88. The van der Waals surface area contributed by atoms with Gasteiger partial charge in [0.15, 0.2) is 0 Å². The van der Waals surface area contributed by atoms with Gasteiger partial charge in [-0.05, 0) is 13.0 Å². The van der Waals surface area contributed by atoms with Crippen molar-refractivity contribution < 1.29 is 14.3 Å². The summed E-state index contributed by atoms with van der Waals surface area (Å²) in [4.78, 5) is 26.8. The summed E-state index contributed by atoms with van der Waals surface area (Å²) in [5.41, 5.74) is 1.42. The molecule has 1 N–H and O–H groups in total. The van der Waals surface area contributed by atoms with Crippen molar-refractivity contribution in [3.05, 3.63) is 22.9 Å². The van der Waals surface area contributed by atoms with Gasteiger partial charge >= 0.3 is 5.97 Å². The number of nitrogens with zero attached hydrogens (tertiary/aromatic N) is 1. The molecule has 96 valence electrons. The summed E-state index contributed by atoms with van der Waals surface area (Å²) in [5.74, 6) is -0.294. The topological polar surface area (TPSA) is 68.3 Å². The predicted molar refractivity (Wildman–Crippen MR) is 71.1 cm³/mol. The van der Waals surface area contributed by atoms with Crippen LogP contribution in [0.15, 0.2) is 6.07 Å². The van der Waals surface area contributed by atoms with Gasteiger partial charge in [0.25, 0.3) is 0 Å². The highest BCUT2D eigenvalue weighted by Crippen LogP contribution is 2.18. The summed E-state index contributed by atoms with van der Waals surface area (Å²) in [6, 6.07) is 1.61. The number of amides is 1. The molecule has 6 heteroatoms. The van der Waals surface area contributed by atoms with E-state index in [4.69, 9.17) is 0 Å². The van der Waals surface area contributed by atoms with Crippen LogP contribution in [0.2, 0.25) is 0 Å². The van der Waals surface area contributed by atoms with E-state index < -0.39 is 5.97 Å². The number of pyridine rings is 1. The third kappa shape index (κ3) is 3.29. The second kappa shape index (κ2) is 6.14. The molecule has 0 bridgehead atoms. The highest BCUT2D eigenvalue weighted by atomic mass is 32.1. The molecule has 0 aromatic carbocycles. The summed E-state index contributed by atoms with van der Waals surface area (Å²) in [6.45, 7) is 3.08. The average molecular weight is 266 g/mol. The third-order valence-corrected chi connectivity index (χ3v) is 2.55. The lowest BCUT2D eigenvalue weighted by atomic mass is 10.1. The van der Waals surface area contributed by atoms with Crippen molar-refractivity contribution in [3.8, 4) is 5.18 Å². The molecule has 18 heavy (non-hydrogen) atoms. The predicted octanol–water partition coefficient (Wildman–Crippen LogP) is 1.81. The van der Waals surface area contributed by atoms with Crippen molar-refractivity contribution in [2.45, 2.75) is 13.8 Å². The van der Waals surface area contributed by atoms with Gasteiger partial charge in [-0.25, -0.2) is 9.78 Å². The second-order valence-electron chi connectivity index (χ2n) is 3.50. The summed E-state index contributed by atoms with van der Waals surface area (Å²) in [6.07, 6.45) is 1.83. The van der Waals surface area contributed by atoms with Gasteiger partial charge in [-0.2, -0.15) is 0 Å². The first kappa shape index (κ1) is 14.2. The molecular weight excluding hydrogens is 252 g/mol. The summed E-state index contributed by atoms with van der Waals surface area (Å²) < 4.78 is 4.67. The molecule has 0 saturated heterocycles. The Labute approximate surface area is 109 Å². The molecule has 0 aliphatic rings. The number of methoxy groups -OCH3 is 1. The maximum absolute atomic E-state index is 11.5. The average Bonchev–Trinajstić information content (AvgIpc) is 2.31. The molecule has 1 heterocycles. The number of rotatable bonds is 2. The smallest absolute Gasteiger partial charge is 0.339 e. The number of aryl methyl sites for hydroxylation is 1. The number of esters is 1. The van der Waals surface area contributed by atoms with Crippen molar-refractivity contribution in [1.82, 2.24) is 4.98 Å². The van der Waals surface area contributed by atoms with E-state index in [0.717, 1.165) is 0 Å². The van der Waals surface area contributed by atoms with Crippen LogP contribution in [-0.4, -0.2) is 30.2 Å². The van der Waals surface area contributed by atoms with Gasteiger partial charge in [-0.1, -0.05) is 5.18 Å². The number of carbonyl (C=O) groups excluding carboxylic acids is 2. The van der Waals surface area contributed by atoms with E-state index in [-0.39, 0.29) is 5.91 Å². The molecule has 5 nitrogen and oxygen atoms in total. The Bertz CT molecular complexity index is 558. The standard InChI is InChI=1S/C12H14N2O3S/c1-7-10(12(16)17-3)5-9(6-18-4)11(13-7)14-8(2)15/h5H,1-4H3,(H,13,14,15). The Morgan fingerprint density at radius 3 is 2.67 bits per heavy atom. The van der Waals surface area contributed by atoms with E-state index in [0.29, 0.717) is 22.6 Å². The Morgan fingerprint density at radius 1 is 1.50 bits per heavy atom. The molecule has 0 fully saturated rings. The number of carbonyl (C=O) groups is 2. The second-order valence-corrected chi connectivity index (χ2v) is 4.11. The van der Waals surface area contributed by atoms with E-state index in [1.807, 2.05) is 6.26 Å². The Morgan fingerprint density at radius 2 is 2.17 bits per heavy atom. The zero-order valence-electron chi connectivity index (χ0n) is 10.7. The molecule has 0 aliphatic heterocycles. The minimum Gasteiger partial charge on any atom is -0.465 e. The molecule has 0 radical (unpaired) electrons. The Hall–Kier alpha value is -1.91. The molecule has 0 unspecified atom stereocenters. The number of anilines is 1. The SMILES string of the molecule is COC(=O)c1cc(C#SC)c(NC(C)=O)nc1C. The van der Waals surface area contributed by atoms with E-state index in [9.17, 15) is 9.59 Å². The zero-order chi connectivity index (χ0) is 13.7. The van der Waals surface area contributed by atoms with Crippen molar-refractivity contribution >= 4 is 28.9 Å². The number of hydrogen-bond donors (Lipinski definition) is 1. The first-order valence-corrected chi connectivity index (χ1v) is 6.38. The van der Waals surface area contributed by atoms with Crippen molar-refractivity contribution in [2.24, 2.45) is 0 Å². The molecule has 1 aromatic rings. The Balaban J connectivity index is 3.36. The minimum absolute atomic E-state index is 0.225. The van der Waals surface area contributed by atoms with Crippen LogP contribution in [0.3, 0.4) is 0 Å². The molecule has 1 rings (SSSR count). The lowest BCUT2D eigenvalue weighted by Gasteiger charge is -2.09. The first-order valence-electron chi connectivity index (χ1n) is 5.16. The van der Waals surface area contributed by atoms with Gasteiger partial charge in [0, 0.05) is 13.2 Å². The van der Waals surface area contributed by atoms with Crippen LogP contribution in [0.1, 0.15) is 28.5 Å². The fourth-order valence-electron chi connectivity index (χ4n) is 1.37. The summed E-state index contributed by atoms with van der Waals surface area (Å²) in [5, 5.41) is 5.56. The minimum atomic E-state index is -0.460. The molecule has 0 atom stereocenters. The normalized spacial score (nSPS) is 9.33. The quantitative estimate of drug-likeness (QED) is 0.829. The van der Waals surface area contributed by atoms with Gasteiger partial charge in [0.1, 0.15) is 5.82 Å². The van der Waals surface area contributed by atoms with E-state index in [2.05, 4.69) is 20.2 Å². The van der Waals surface area contributed by atoms with Gasteiger partial charge in [0.2, 0.25) is 5.91 Å². The molecule has 0 saturated carbocycles. The van der Waals surface area contributed by atoms with Crippen LogP contribution < -0.4 is 5.32 Å². The van der Waals surface area contributed by atoms with Gasteiger partial charge in [-0.15, -0.1) is 11.2 Å². The fraction of sp³-hybridized carbons (Fsp3) is 0.333. The largest absolute Gasteiger partial charge is 0.465 e. The van der Waals surface area contributed by atoms with Crippen molar-refractivity contribution in [3.63, 3.8) is 0 Å². The lowest BCUT2D eigenvalue weighted by molar-refractivity contribution is -0.114. The van der Waals surface area contributed by atoms with Crippen LogP contribution in [-0.2, 0) is 9.53 Å². The lowest BCUT2D eigenvalue weighted by Crippen LogP contribution is -2.13. The van der Waals surface area contributed by atoms with Gasteiger partial charge < -0.3 is 10.1 Å². The number of nitrogens with one attached hydrogen (secondary N) is 1. The molecule has 1 amide bonds. The number of aromatic nitrogens is 1. The van der Waals surface area contributed by atoms with Crippen LogP contribution in [0.25, 0.3) is 0 Å². The molecule has 0 spiro atoms. The van der Waals surface area contributed by atoms with Gasteiger partial charge in [-0.3, -0.25) is 4.79 Å². The highest BCUT2D eigenvalue weighted by Gasteiger charge is 2.15.